The number of benzene rings is 2. The van der Waals surface area contributed by atoms with Crippen LogP contribution in [0.2, 0.25) is 0 Å². The maximum absolute atomic E-state index is 13.5. The Labute approximate surface area is 333 Å². The Morgan fingerprint density at radius 2 is 1.70 bits per heavy atom. The molecular formula is C43H53N6O6S+. The summed E-state index contributed by atoms with van der Waals surface area (Å²) >= 11 is 1.68. The summed E-state index contributed by atoms with van der Waals surface area (Å²) in [5.41, 5.74) is 7.20. The zero-order valence-corrected chi connectivity index (χ0v) is 34.8. The van der Waals surface area contributed by atoms with Crippen molar-refractivity contribution in [2.75, 3.05) is 13.6 Å². The molecule has 2 aromatic carbocycles. The Balaban J connectivity index is 1.25. The fourth-order valence-corrected chi connectivity index (χ4v) is 7.19. The van der Waals surface area contributed by atoms with Crippen molar-refractivity contribution in [3.63, 3.8) is 0 Å². The van der Waals surface area contributed by atoms with E-state index < -0.39 is 35.8 Å². The number of rotatable bonds is 14. The highest BCUT2D eigenvalue weighted by Gasteiger charge is 2.30. The van der Waals surface area contributed by atoms with Gasteiger partial charge in [0.05, 0.1) is 22.3 Å². The average Bonchev–Trinajstić information content (AvgIpc) is 3.84. The van der Waals surface area contributed by atoms with Gasteiger partial charge in [-0.25, -0.2) is 9.78 Å². The molecule has 5 rings (SSSR count). The Morgan fingerprint density at radius 3 is 2.41 bits per heavy atom. The molecule has 13 heteroatoms. The lowest BCUT2D eigenvalue weighted by molar-refractivity contribution is -0.754. The first-order valence-electron chi connectivity index (χ1n) is 18.8. The summed E-state index contributed by atoms with van der Waals surface area (Å²) < 4.78 is 20.3. The van der Waals surface area contributed by atoms with E-state index in [0.29, 0.717) is 17.8 Å². The van der Waals surface area contributed by atoms with Crippen molar-refractivity contribution in [1.29, 1.82) is 0 Å². The van der Waals surface area contributed by atoms with E-state index in [9.17, 15) is 14.4 Å². The first-order valence-corrected chi connectivity index (χ1v) is 19.6. The van der Waals surface area contributed by atoms with E-state index in [0.717, 1.165) is 21.2 Å². The van der Waals surface area contributed by atoms with Crippen LogP contribution in [0.4, 0.5) is 4.79 Å². The third-order valence-corrected chi connectivity index (χ3v) is 10.6. The molecule has 12 nitrogen and oxygen atoms in total. The second-order valence-electron chi connectivity index (χ2n) is 15.4. The molecule has 1 amide bonds. The molecule has 0 aliphatic carbocycles. The van der Waals surface area contributed by atoms with E-state index in [1.165, 1.54) is 29.3 Å². The highest BCUT2D eigenvalue weighted by atomic mass is 32.1. The number of carbonyl (C=O) groups is 3. The number of aromatic nitrogens is 5. The molecule has 0 bridgehead atoms. The van der Waals surface area contributed by atoms with Gasteiger partial charge in [0.2, 0.25) is 12.6 Å². The minimum absolute atomic E-state index is 0.0625. The Hall–Kier alpha value is -5.43. The van der Waals surface area contributed by atoms with Crippen molar-refractivity contribution >= 4 is 29.4 Å². The maximum atomic E-state index is 13.5. The monoisotopic (exact) mass is 781 g/mol. The van der Waals surface area contributed by atoms with Gasteiger partial charge in [-0.05, 0) is 65.7 Å². The smallest absolute Gasteiger partial charge is 0.410 e. The van der Waals surface area contributed by atoms with Crippen molar-refractivity contribution < 1.29 is 33.2 Å². The minimum Gasteiger partial charge on any atom is -0.459 e. The molecule has 0 aliphatic rings. The van der Waals surface area contributed by atoms with E-state index in [1.54, 1.807) is 75.2 Å². The molecule has 3 heterocycles. The van der Waals surface area contributed by atoms with Crippen LogP contribution < -0.4 is 4.57 Å². The van der Waals surface area contributed by atoms with Gasteiger partial charge < -0.3 is 19.1 Å². The Bertz CT molecular complexity index is 2140. The standard InChI is InChI=1S/C43H53N6O6S/c1-27-14-17-33(18-15-27)37-24-56-40(46-37)30(4)36(35-20-28(2)13-16-29(35)3)21-49-26-48(25-45-49)32(6)54-41(51)31(5)39-34(12-11-19-44-39)23-53-38(50)22-47(10)42(52)55-43(7,8)9/h11-20,24-26,30-32,36H,21-23H2,1-10H3/q+1/t30-,31?,32?,36?/m1/s1. The van der Waals surface area contributed by atoms with Crippen LogP contribution in [0.15, 0.2) is 78.8 Å². The van der Waals surface area contributed by atoms with Crippen molar-refractivity contribution in [1.82, 2.24) is 24.6 Å². The second-order valence-corrected chi connectivity index (χ2v) is 16.3. The van der Waals surface area contributed by atoms with Crippen molar-refractivity contribution in [2.45, 2.75) is 105 Å². The lowest BCUT2D eigenvalue weighted by Crippen LogP contribution is -2.39. The van der Waals surface area contributed by atoms with Gasteiger partial charge in [-0.1, -0.05) is 66.6 Å². The fraction of sp³-hybridized carbons (Fsp3) is 0.419. The quantitative estimate of drug-likeness (QED) is 0.0626. The molecule has 0 fully saturated rings. The van der Waals surface area contributed by atoms with Crippen LogP contribution in [0.25, 0.3) is 11.3 Å². The summed E-state index contributed by atoms with van der Waals surface area (Å²) in [6.45, 7) is 17.4. The van der Waals surface area contributed by atoms with Gasteiger partial charge >= 0.3 is 18.0 Å². The van der Waals surface area contributed by atoms with Crippen LogP contribution in [0.5, 0.6) is 0 Å². The predicted octanol–water partition coefficient (Wildman–Crippen LogP) is 7.98. The van der Waals surface area contributed by atoms with Crippen LogP contribution >= 0.6 is 11.3 Å². The number of nitrogens with zero attached hydrogens (tertiary/aromatic N) is 6. The number of hydrogen-bond donors (Lipinski definition) is 0. The zero-order valence-electron chi connectivity index (χ0n) is 34.0. The van der Waals surface area contributed by atoms with Gasteiger partial charge in [0.1, 0.15) is 25.3 Å². The number of likely N-dealkylation sites (N-methyl/N-ethyl adjacent to an activating group) is 1. The Kier molecular flexibility index (Phi) is 13.4. The number of hydrogen-bond acceptors (Lipinski definition) is 10. The normalized spacial score (nSPS) is 13.7. The van der Waals surface area contributed by atoms with Gasteiger partial charge in [0.15, 0.2) is 0 Å². The molecule has 0 aliphatic heterocycles. The lowest BCUT2D eigenvalue weighted by Gasteiger charge is -2.24. The molecule has 0 saturated heterocycles. The maximum Gasteiger partial charge on any atom is 0.410 e. The topological polar surface area (TPSA) is 130 Å². The largest absolute Gasteiger partial charge is 0.459 e. The SMILES string of the molecule is Cc1ccc(-c2csc([C@H](C)C(Cn3c[n+](C(C)OC(=O)C(C)c4ncccc4COC(=O)CN(C)C(=O)OC(C)(C)C)cn3)c3cc(C)ccc3C)n2)cc1. The van der Waals surface area contributed by atoms with Crippen molar-refractivity contribution in [3.05, 3.63) is 117 Å². The average molecular weight is 782 g/mol. The molecule has 0 saturated carbocycles. The van der Waals surface area contributed by atoms with Crippen molar-refractivity contribution in [2.24, 2.45) is 0 Å². The number of ether oxygens (including phenoxy) is 3. The number of amides is 1. The minimum atomic E-state index is -0.759. The summed E-state index contributed by atoms with van der Waals surface area (Å²) in [7, 11) is 1.46. The third kappa shape index (κ3) is 10.9. The molecular weight excluding hydrogens is 729 g/mol. The predicted molar refractivity (Wildman–Crippen MR) is 214 cm³/mol. The number of thiazole rings is 1. The molecule has 0 N–H and O–H groups in total. The van der Waals surface area contributed by atoms with Crippen LogP contribution in [0.3, 0.4) is 0 Å². The highest BCUT2D eigenvalue weighted by Crippen LogP contribution is 2.38. The summed E-state index contributed by atoms with van der Waals surface area (Å²) in [6.07, 6.45) is 3.79. The van der Waals surface area contributed by atoms with Gasteiger partial charge in [0.25, 0.3) is 6.33 Å². The first kappa shape index (κ1) is 41.7. The molecule has 0 spiro atoms. The van der Waals surface area contributed by atoms with Crippen LogP contribution in [0.1, 0.15) is 104 Å². The molecule has 3 unspecified atom stereocenters. The van der Waals surface area contributed by atoms with E-state index in [4.69, 9.17) is 19.2 Å². The van der Waals surface area contributed by atoms with E-state index in [2.05, 4.69) is 85.6 Å². The van der Waals surface area contributed by atoms with Gasteiger partial charge in [-0.15, -0.1) is 16.0 Å². The van der Waals surface area contributed by atoms with E-state index in [-0.39, 0.29) is 25.0 Å². The van der Waals surface area contributed by atoms with Gasteiger partial charge in [0, 0.05) is 53.6 Å². The summed E-state index contributed by atoms with van der Waals surface area (Å²) in [4.78, 5) is 49.0. The van der Waals surface area contributed by atoms with Crippen LogP contribution in [-0.4, -0.2) is 61.9 Å². The Morgan fingerprint density at radius 1 is 0.982 bits per heavy atom. The fourth-order valence-electron chi connectivity index (χ4n) is 6.24. The van der Waals surface area contributed by atoms with Crippen LogP contribution in [-0.2, 0) is 37.0 Å². The number of esters is 2. The van der Waals surface area contributed by atoms with Gasteiger partial charge in [-0.2, -0.15) is 4.57 Å². The van der Waals surface area contributed by atoms with E-state index >= 15 is 0 Å². The summed E-state index contributed by atoms with van der Waals surface area (Å²) in [5.74, 6) is -1.73. The number of carbonyl (C=O) groups excluding carboxylic acids is 3. The molecule has 0 radical (unpaired) electrons. The van der Waals surface area contributed by atoms with Crippen molar-refractivity contribution in [3.8, 4) is 11.3 Å². The number of aryl methyl sites for hydroxylation is 3. The van der Waals surface area contributed by atoms with Gasteiger partial charge in [-0.3, -0.25) is 14.6 Å². The summed E-state index contributed by atoms with van der Waals surface area (Å²) in [6, 6.07) is 18.4. The molecule has 4 atom stereocenters. The second kappa shape index (κ2) is 18.0. The van der Waals surface area contributed by atoms with Crippen LogP contribution in [0, 0.1) is 20.8 Å². The summed E-state index contributed by atoms with van der Waals surface area (Å²) in [5, 5.41) is 7.87. The number of pyridine rings is 1. The van der Waals surface area contributed by atoms with E-state index in [1.807, 2.05) is 11.0 Å². The lowest BCUT2D eigenvalue weighted by atomic mass is 9.84. The molecule has 5 aromatic rings. The molecule has 56 heavy (non-hydrogen) atoms. The highest BCUT2D eigenvalue weighted by molar-refractivity contribution is 7.10. The third-order valence-electron chi connectivity index (χ3n) is 9.54. The molecule has 296 valence electrons. The first-order chi connectivity index (χ1) is 26.5. The zero-order chi connectivity index (χ0) is 40.7. The molecule has 3 aromatic heterocycles.